The molecular formula is C13H14Cl3NO3S. The molecule has 0 bridgehead atoms. The van der Waals surface area contributed by atoms with Crippen LogP contribution >= 0.6 is 33.9 Å². The zero-order valence-electron chi connectivity index (χ0n) is 11.2. The zero-order valence-corrected chi connectivity index (χ0v) is 14.3. The van der Waals surface area contributed by atoms with Gasteiger partial charge in [0.2, 0.25) is 0 Å². The maximum Gasteiger partial charge on any atom is 0.262 e. The Kier molecular flexibility index (Phi) is 5.08. The van der Waals surface area contributed by atoms with Gasteiger partial charge in [-0.25, -0.2) is 8.42 Å². The van der Waals surface area contributed by atoms with Crippen molar-refractivity contribution in [1.82, 2.24) is 5.32 Å². The van der Waals surface area contributed by atoms with Gasteiger partial charge < -0.3 is 5.32 Å². The lowest BCUT2D eigenvalue weighted by molar-refractivity contribution is 0.0947. The van der Waals surface area contributed by atoms with E-state index in [4.69, 9.17) is 33.9 Å². The Hall–Kier alpha value is -0.490. The summed E-state index contributed by atoms with van der Waals surface area (Å²) < 4.78 is 22.8. The van der Waals surface area contributed by atoms with Crippen LogP contribution in [0.15, 0.2) is 17.0 Å². The molecule has 0 heterocycles. The number of hydrogen-bond acceptors (Lipinski definition) is 3. The molecular weight excluding hydrogens is 357 g/mol. The minimum Gasteiger partial charge on any atom is -0.352 e. The summed E-state index contributed by atoms with van der Waals surface area (Å²) in [5.74, 6) is 0.511. The highest BCUT2D eigenvalue weighted by atomic mass is 35.7. The van der Waals surface area contributed by atoms with Gasteiger partial charge in [0.1, 0.15) is 4.90 Å². The molecule has 1 aromatic rings. The standard InChI is InChI=1S/C13H14Cl3NO3S/c1-7(8-2-3-8)6-17-13(18)11-9(14)4-5-10(12(11)15)21(16,19)20/h4-5,7-8H,2-3,6H2,1H3,(H,17,18). The van der Waals surface area contributed by atoms with Gasteiger partial charge in [-0.2, -0.15) is 0 Å². The van der Waals surface area contributed by atoms with Gasteiger partial charge in [0.05, 0.1) is 15.6 Å². The summed E-state index contributed by atoms with van der Waals surface area (Å²) in [7, 11) is 1.24. The third kappa shape index (κ3) is 4.03. The second-order valence-electron chi connectivity index (χ2n) is 5.20. The normalized spacial score (nSPS) is 16.6. The van der Waals surface area contributed by atoms with E-state index in [-0.39, 0.29) is 20.5 Å². The molecule has 1 amide bonds. The van der Waals surface area contributed by atoms with Crippen molar-refractivity contribution < 1.29 is 13.2 Å². The molecule has 1 aliphatic rings. The zero-order chi connectivity index (χ0) is 15.8. The number of hydrogen-bond donors (Lipinski definition) is 1. The van der Waals surface area contributed by atoms with Gasteiger partial charge in [-0.15, -0.1) is 0 Å². The van der Waals surface area contributed by atoms with Crippen molar-refractivity contribution in [2.24, 2.45) is 11.8 Å². The van der Waals surface area contributed by atoms with Crippen LogP contribution in [0.5, 0.6) is 0 Å². The van der Waals surface area contributed by atoms with E-state index in [1.807, 2.05) is 0 Å². The molecule has 1 saturated carbocycles. The van der Waals surface area contributed by atoms with E-state index in [1.165, 1.54) is 25.0 Å². The fourth-order valence-electron chi connectivity index (χ4n) is 2.10. The van der Waals surface area contributed by atoms with E-state index in [0.29, 0.717) is 18.4 Å². The molecule has 21 heavy (non-hydrogen) atoms. The number of carbonyl (C=O) groups is 1. The largest absolute Gasteiger partial charge is 0.352 e. The summed E-state index contributed by atoms with van der Waals surface area (Å²) in [6, 6.07) is 2.47. The van der Waals surface area contributed by atoms with Crippen LogP contribution in [-0.2, 0) is 9.05 Å². The Bertz CT molecular complexity index is 671. The lowest BCUT2D eigenvalue weighted by atomic mass is 10.1. The summed E-state index contributed by atoms with van der Waals surface area (Å²) in [5, 5.41) is 2.56. The van der Waals surface area contributed by atoms with Gasteiger partial charge in [0, 0.05) is 17.2 Å². The lowest BCUT2D eigenvalue weighted by Crippen LogP contribution is -2.29. The summed E-state index contributed by atoms with van der Waals surface area (Å²) >= 11 is 11.9. The second kappa shape index (κ2) is 6.32. The highest BCUT2D eigenvalue weighted by Crippen LogP contribution is 2.36. The molecule has 1 unspecified atom stereocenters. The molecule has 1 atom stereocenters. The third-order valence-electron chi connectivity index (χ3n) is 3.56. The summed E-state index contributed by atoms with van der Waals surface area (Å²) in [4.78, 5) is 11.9. The minimum atomic E-state index is -4.04. The molecule has 8 heteroatoms. The lowest BCUT2D eigenvalue weighted by Gasteiger charge is -2.14. The maximum absolute atomic E-state index is 12.2. The molecule has 0 radical (unpaired) electrons. The fourth-order valence-corrected chi connectivity index (χ4v) is 4.00. The molecule has 0 aliphatic heterocycles. The number of carbonyl (C=O) groups excluding carboxylic acids is 1. The van der Waals surface area contributed by atoms with Gasteiger partial charge in [-0.3, -0.25) is 4.79 Å². The quantitative estimate of drug-likeness (QED) is 0.804. The third-order valence-corrected chi connectivity index (χ3v) is 5.74. The van der Waals surface area contributed by atoms with E-state index in [9.17, 15) is 13.2 Å². The SMILES string of the molecule is CC(CNC(=O)c1c(Cl)ccc(S(=O)(=O)Cl)c1Cl)C1CC1. The van der Waals surface area contributed by atoms with Crippen LogP contribution < -0.4 is 5.32 Å². The predicted molar refractivity (Wildman–Crippen MR) is 83.7 cm³/mol. The average Bonchev–Trinajstić information content (AvgIpc) is 3.18. The average molecular weight is 371 g/mol. The summed E-state index contributed by atoms with van der Waals surface area (Å²) in [5.41, 5.74) is -0.0666. The minimum absolute atomic E-state index is 0.0666. The number of halogens is 3. The van der Waals surface area contributed by atoms with Crippen molar-refractivity contribution in [3.8, 4) is 0 Å². The predicted octanol–water partition coefficient (Wildman–Crippen LogP) is 3.70. The van der Waals surface area contributed by atoms with Gasteiger partial charge in [-0.05, 0) is 36.8 Å². The Morgan fingerprint density at radius 1 is 1.38 bits per heavy atom. The van der Waals surface area contributed by atoms with Crippen LogP contribution in [0.3, 0.4) is 0 Å². The van der Waals surface area contributed by atoms with Crippen molar-refractivity contribution in [2.45, 2.75) is 24.7 Å². The molecule has 1 aliphatic carbocycles. The van der Waals surface area contributed by atoms with Crippen LogP contribution in [0.2, 0.25) is 10.0 Å². The molecule has 0 saturated heterocycles. The smallest absolute Gasteiger partial charge is 0.262 e. The van der Waals surface area contributed by atoms with E-state index in [1.54, 1.807) is 0 Å². The highest BCUT2D eigenvalue weighted by Gasteiger charge is 2.29. The Morgan fingerprint density at radius 2 is 2.00 bits per heavy atom. The first-order valence-corrected chi connectivity index (χ1v) is 9.49. The Labute approximate surface area is 138 Å². The van der Waals surface area contributed by atoms with Crippen LogP contribution in [0, 0.1) is 11.8 Å². The summed E-state index contributed by atoms with van der Waals surface area (Å²) in [6.45, 7) is 2.55. The van der Waals surface area contributed by atoms with Crippen LogP contribution in [0.25, 0.3) is 0 Å². The van der Waals surface area contributed by atoms with E-state index < -0.39 is 15.0 Å². The number of rotatable bonds is 5. The van der Waals surface area contributed by atoms with E-state index >= 15 is 0 Å². The molecule has 0 spiro atoms. The van der Waals surface area contributed by atoms with Crippen molar-refractivity contribution >= 4 is 48.8 Å². The van der Waals surface area contributed by atoms with Gasteiger partial charge in [0.25, 0.3) is 15.0 Å². The van der Waals surface area contributed by atoms with Crippen molar-refractivity contribution in [2.75, 3.05) is 6.54 Å². The van der Waals surface area contributed by atoms with Crippen LogP contribution in [-0.4, -0.2) is 20.9 Å². The number of nitrogens with one attached hydrogen (secondary N) is 1. The molecule has 1 fully saturated rings. The van der Waals surface area contributed by atoms with Crippen molar-refractivity contribution in [1.29, 1.82) is 0 Å². The van der Waals surface area contributed by atoms with Crippen LogP contribution in [0.4, 0.5) is 0 Å². The van der Waals surface area contributed by atoms with Crippen molar-refractivity contribution in [3.63, 3.8) is 0 Å². The Balaban J connectivity index is 2.23. The first-order valence-electron chi connectivity index (χ1n) is 6.42. The van der Waals surface area contributed by atoms with Gasteiger partial charge >= 0.3 is 0 Å². The molecule has 1 N–H and O–H groups in total. The molecule has 1 aromatic carbocycles. The van der Waals surface area contributed by atoms with E-state index in [0.717, 1.165) is 0 Å². The number of amides is 1. The van der Waals surface area contributed by atoms with Gasteiger partial charge in [0.15, 0.2) is 0 Å². The molecule has 4 nitrogen and oxygen atoms in total. The van der Waals surface area contributed by atoms with Gasteiger partial charge in [-0.1, -0.05) is 30.1 Å². The molecule has 116 valence electrons. The van der Waals surface area contributed by atoms with E-state index in [2.05, 4.69) is 12.2 Å². The van der Waals surface area contributed by atoms with Crippen molar-refractivity contribution in [3.05, 3.63) is 27.7 Å². The second-order valence-corrected chi connectivity index (χ2v) is 8.52. The molecule has 2 rings (SSSR count). The molecule has 0 aromatic heterocycles. The number of benzene rings is 1. The highest BCUT2D eigenvalue weighted by molar-refractivity contribution is 8.13. The monoisotopic (exact) mass is 369 g/mol. The summed E-state index contributed by atoms with van der Waals surface area (Å²) in [6.07, 6.45) is 2.36. The van der Waals surface area contributed by atoms with Crippen LogP contribution in [0.1, 0.15) is 30.1 Å². The first-order chi connectivity index (χ1) is 9.71. The topological polar surface area (TPSA) is 63.2 Å². The fraction of sp³-hybridized carbons (Fsp3) is 0.462. The first kappa shape index (κ1) is 16.9. The maximum atomic E-state index is 12.2. The Morgan fingerprint density at radius 3 is 2.52 bits per heavy atom.